The third-order valence-electron chi connectivity index (χ3n) is 14.1. The van der Waals surface area contributed by atoms with Gasteiger partial charge in [-0.05, 0) is 130 Å². The Kier molecular flexibility index (Phi) is 50.6. The zero-order valence-corrected chi connectivity index (χ0v) is 48.1. The molecular weight excluding hydrogens is 873 g/mol. The molecule has 0 saturated carbocycles. The summed E-state index contributed by atoms with van der Waals surface area (Å²) in [5, 5.41) is 0. The van der Waals surface area contributed by atoms with E-state index < -0.39 is 0 Å². The Bertz CT molecular complexity index is 1050. The molecule has 0 saturated heterocycles. The van der Waals surface area contributed by atoms with Gasteiger partial charge in [-0.1, -0.05) is 189 Å². The van der Waals surface area contributed by atoms with Crippen LogP contribution in [0.1, 0.15) is 311 Å². The third kappa shape index (κ3) is 44.8. The number of rotatable bonds is 54. The van der Waals surface area contributed by atoms with Crippen LogP contribution in [0.25, 0.3) is 0 Å². The average molecular weight is 994 g/mol. The number of esters is 2. The molecule has 0 spiro atoms. The van der Waals surface area contributed by atoms with Crippen LogP contribution in [0.15, 0.2) is 0 Å². The number of unbranched alkanes of at least 4 members (excludes halogenated alkanes) is 24. The molecule has 9 heteroatoms. The molecule has 0 aliphatic heterocycles. The minimum absolute atomic E-state index is 0.00870. The minimum atomic E-state index is -0.184. The zero-order chi connectivity index (χ0) is 51.6. The Morgan fingerprint density at radius 1 is 0.343 bits per heavy atom. The van der Waals surface area contributed by atoms with E-state index >= 15 is 0 Å². The van der Waals surface area contributed by atoms with Crippen molar-refractivity contribution in [2.75, 3.05) is 40.3 Å². The maximum absolute atomic E-state index is 14.1. The Morgan fingerprint density at radius 3 is 1.04 bits per heavy atom. The third-order valence-corrected chi connectivity index (χ3v) is 14.1. The highest BCUT2D eigenvalue weighted by molar-refractivity contribution is 5.70. The van der Waals surface area contributed by atoms with E-state index in [0.29, 0.717) is 25.9 Å². The van der Waals surface area contributed by atoms with Gasteiger partial charge in [-0.2, -0.15) is 0 Å². The largest absolute Gasteiger partial charge is 0.462 e. The Balaban J connectivity index is 5.28. The maximum Gasteiger partial charge on any atom is 0.410 e. The van der Waals surface area contributed by atoms with Gasteiger partial charge in [0.15, 0.2) is 0 Å². The van der Waals surface area contributed by atoms with E-state index in [4.69, 9.17) is 18.9 Å². The Morgan fingerprint density at radius 2 is 0.671 bits per heavy atom. The van der Waals surface area contributed by atoms with Gasteiger partial charge < -0.3 is 28.7 Å². The van der Waals surface area contributed by atoms with Crippen molar-refractivity contribution in [3.05, 3.63) is 0 Å². The van der Waals surface area contributed by atoms with E-state index in [1.54, 1.807) is 0 Å². The SMILES string of the molecule is CCCCCCC(CCCCCC)OC(=O)CCCCCCCCC(CCCCCCCCC(=O)OC(CCCCCC)CCCCCC)OC(=O)N(CCCN(C)C)CC(CCCC)OCCCC. The number of carbonyl (C=O) groups is 3. The molecule has 0 aromatic rings. The van der Waals surface area contributed by atoms with E-state index in [1.807, 2.05) is 4.90 Å². The zero-order valence-electron chi connectivity index (χ0n) is 48.1. The Hall–Kier alpha value is -1.87. The van der Waals surface area contributed by atoms with Crippen LogP contribution >= 0.6 is 0 Å². The number of amides is 1. The lowest BCUT2D eigenvalue weighted by molar-refractivity contribution is -0.151. The lowest BCUT2D eigenvalue weighted by atomic mass is 10.0. The van der Waals surface area contributed by atoms with Gasteiger partial charge in [-0.15, -0.1) is 0 Å². The van der Waals surface area contributed by atoms with Crippen molar-refractivity contribution in [2.45, 2.75) is 336 Å². The molecule has 0 radical (unpaired) electrons. The molecule has 0 bridgehead atoms. The number of ether oxygens (including phenoxy) is 4. The summed E-state index contributed by atoms with van der Waals surface area (Å²) < 4.78 is 24.9. The van der Waals surface area contributed by atoms with Crippen LogP contribution in [0.4, 0.5) is 4.79 Å². The van der Waals surface area contributed by atoms with Crippen molar-refractivity contribution >= 4 is 18.0 Å². The predicted octanol–water partition coefficient (Wildman–Crippen LogP) is 18.1. The van der Waals surface area contributed by atoms with Gasteiger partial charge in [0.1, 0.15) is 18.3 Å². The summed E-state index contributed by atoms with van der Waals surface area (Å²) in [7, 11) is 4.17. The van der Waals surface area contributed by atoms with E-state index in [-0.39, 0.29) is 42.4 Å². The molecule has 0 fully saturated rings. The van der Waals surface area contributed by atoms with Crippen molar-refractivity contribution < 1.29 is 33.3 Å². The van der Waals surface area contributed by atoms with Crippen molar-refractivity contribution in [1.82, 2.24) is 9.80 Å². The summed E-state index contributed by atoms with van der Waals surface area (Å²) in [6.45, 7) is 16.3. The molecule has 1 amide bonds. The number of nitrogens with zero attached hydrogens (tertiary/aromatic N) is 2. The lowest BCUT2D eigenvalue weighted by Crippen LogP contribution is -2.41. The van der Waals surface area contributed by atoms with E-state index in [0.717, 1.165) is 193 Å². The standard InChI is InChI=1S/C61H120N2O7/c1-9-15-21-33-43-55(44-34-22-16-10-2)68-59(64)49-39-31-27-25-29-37-47-57(70-61(66)63(52-41-51-62(7)8)54-58(42-19-13-5)67-53-20-14-6)48-38-30-26-28-32-40-50-60(65)69-56(45-35-23-17-11-3)46-36-24-18-12-4/h55-58H,9-54H2,1-8H3. The van der Waals surface area contributed by atoms with Gasteiger partial charge in [0, 0.05) is 26.0 Å². The predicted molar refractivity (Wildman–Crippen MR) is 298 cm³/mol. The second kappa shape index (κ2) is 52.0. The first kappa shape index (κ1) is 68.1. The normalized spacial score (nSPS) is 12.2. The molecule has 0 heterocycles. The first-order valence-corrected chi connectivity index (χ1v) is 30.7. The molecule has 0 aliphatic carbocycles. The molecule has 0 N–H and O–H groups in total. The van der Waals surface area contributed by atoms with Crippen LogP contribution in [0, 0.1) is 0 Å². The lowest BCUT2D eigenvalue weighted by Gasteiger charge is -2.30. The average Bonchev–Trinajstić information content (AvgIpc) is 3.34. The second-order valence-corrected chi connectivity index (χ2v) is 21.5. The summed E-state index contributed by atoms with van der Waals surface area (Å²) in [5.74, 6) is -0.0174. The van der Waals surface area contributed by atoms with E-state index in [1.165, 1.54) is 77.0 Å². The van der Waals surface area contributed by atoms with Gasteiger partial charge in [-0.25, -0.2) is 4.79 Å². The number of hydrogen-bond acceptors (Lipinski definition) is 8. The fraction of sp³-hybridized carbons (Fsp3) is 0.951. The first-order chi connectivity index (χ1) is 34.1. The van der Waals surface area contributed by atoms with Crippen LogP contribution in [0.2, 0.25) is 0 Å². The highest BCUT2D eigenvalue weighted by Crippen LogP contribution is 2.22. The van der Waals surface area contributed by atoms with Crippen LogP contribution in [-0.2, 0) is 28.5 Å². The van der Waals surface area contributed by atoms with E-state index in [9.17, 15) is 14.4 Å². The van der Waals surface area contributed by atoms with Gasteiger partial charge >= 0.3 is 18.0 Å². The summed E-state index contributed by atoms with van der Waals surface area (Å²) in [4.78, 5) is 43.9. The maximum atomic E-state index is 14.1. The van der Waals surface area contributed by atoms with Crippen molar-refractivity contribution in [3.63, 3.8) is 0 Å². The van der Waals surface area contributed by atoms with Crippen LogP contribution in [0.5, 0.6) is 0 Å². The number of carbonyl (C=O) groups excluding carboxylic acids is 3. The van der Waals surface area contributed by atoms with Crippen LogP contribution in [-0.4, -0.2) is 92.6 Å². The molecule has 0 aliphatic rings. The molecule has 9 nitrogen and oxygen atoms in total. The van der Waals surface area contributed by atoms with Crippen molar-refractivity contribution in [1.29, 1.82) is 0 Å². The highest BCUT2D eigenvalue weighted by Gasteiger charge is 2.24. The van der Waals surface area contributed by atoms with Gasteiger partial charge in [-0.3, -0.25) is 9.59 Å². The molecular formula is C61H120N2O7. The molecule has 0 rings (SSSR count). The topological polar surface area (TPSA) is 94.6 Å². The van der Waals surface area contributed by atoms with Crippen molar-refractivity contribution in [2.24, 2.45) is 0 Å². The second-order valence-electron chi connectivity index (χ2n) is 21.5. The molecule has 0 aromatic heterocycles. The summed E-state index contributed by atoms with van der Waals surface area (Å²) in [6.07, 6.45) is 45.1. The minimum Gasteiger partial charge on any atom is -0.462 e. The summed E-state index contributed by atoms with van der Waals surface area (Å²) in [5.41, 5.74) is 0. The molecule has 70 heavy (non-hydrogen) atoms. The highest BCUT2D eigenvalue weighted by atomic mass is 16.6. The number of hydrogen-bond donors (Lipinski definition) is 0. The van der Waals surface area contributed by atoms with Gasteiger partial charge in [0.05, 0.1) is 12.6 Å². The molecule has 1 atom stereocenters. The fourth-order valence-electron chi connectivity index (χ4n) is 9.52. The summed E-state index contributed by atoms with van der Waals surface area (Å²) >= 11 is 0. The first-order valence-electron chi connectivity index (χ1n) is 30.7. The van der Waals surface area contributed by atoms with Gasteiger partial charge in [0.2, 0.25) is 0 Å². The van der Waals surface area contributed by atoms with Crippen LogP contribution < -0.4 is 0 Å². The monoisotopic (exact) mass is 993 g/mol. The van der Waals surface area contributed by atoms with E-state index in [2.05, 4.69) is 60.5 Å². The van der Waals surface area contributed by atoms with Crippen molar-refractivity contribution in [3.8, 4) is 0 Å². The quantitative estimate of drug-likeness (QED) is 0.0338. The summed E-state index contributed by atoms with van der Waals surface area (Å²) in [6, 6.07) is 0. The van der Waals surface area contributed by atoms with Gasteiger partial charge in [0.25, 0.3) is 0 Å². The fourth-order valence-corrected chi connectivity index (χ4v) is 9.52. The molecule has 0 aromatic carbocycles. The molecule has 1 unspecified atom stereocenters. The molecule has 416 valence electrons. The van der Waals surface area contributed by atoms with Crippen LogP contribution in [0.3, 0.4) is 0 Å². The Labute approximate surface area is 435 Å². The smallest absolute Gasteiger partial charge is 0.410 e.